The molecule has 2 saturated carbocycles. The molecule has 5 unspecified atom stereocenters. The molecule has 0 heterocycles. The van der Waals surface area contributed by atoms with E-state index < -0.39 is 6.17 Å². The number of halogens is 1. The van der Waals surface area contributed by atoms with Crippen LogP contribution in [0.4, 0.5) is 4.39 Å². The van der Waals surface area contributed by atoms with Gasteiger partial charge in [-0.3, -0.25) is 0 Å². The van der Waals surface area contributed by atoms with Gasteiger partial charge in [-0.1, -0.05) is 18.9 Å². The van der Waals surface area contributed by atoms with Crippen LogP contribution in [0.5, 0.6) is 0 Å². The summed E-state index contributed by atoms with van der Waals surface area (Å²) in [5.74, 6) is 0.866. The summed E-state index contributed by atoms with van der Waals surface area (Å²) < 4.78 is 19.6. The molecule has 1 N–H and O–H groups in total. The molecule has 2 rings (SSSR count). The number of hydrogen-bond acceptors (Lipinski definition) is 2. The highest BCUT2D eigenvalue weighted by Crippen LogP contribution is 2.32. The molecule has 0 amide bonds. The molecule has 0 aromatic rings. The maximum Gasteiger partial charge on any atom is 0.101 e. The van der Waals surface area contributed by atoms with Crippen molar-refractivity contribution in [1.82, 2.24) is 5.32 Å². The summed E-state index contributed by atoms with van der Waals surface area (Å²) in [6.07, 6.45) is 9.26. The molecule has 0 saturated heterocycles. The number of nitrogens with one attached hydrogen (secondary N) is 1. The maximum absolute atomic E-state index is 13.5. The molecular formula is C18H32FNO. The van der Waals surface area contributed by atoms with Crippen molar-refractivity contribution < 1.29 is 9.13 Å². The fourth-order valence-corrected chi connectivity index (χ4v) is 3.90. The van der Waals surface area contributed by atoms with Gasteiger partial charge >= 0.3 is 0 Å². The molecule has 2 aliphatic rings. The molecule has 122 valence electrons. The number of alkyl halides is 1. The number of rotatable bonds is 6. The van der Waals surface area contributed by atoms with Crippen LogP contribution in [0, 0.1) is 11.8 Å². The van der Waals surface area contributed by atoms with Gasteiger partial charge in [-0.15, -0.1) is 6.58 Å². The fourth-order valence-electron chi connectivity index (χ4n) is 3.90. The van der Waals surface area contributed by atoms with Gasteiger partial charge in [-0.25, -0.2) is 4.39 Å². The van der Waals surface area contributed by atoms with Crippen molar-refractivity contribution in [3.63, 3.8) is 0 Å². The van der Waals surface area contributed by atoms with Gasteiger partial charge in [0.25, 0.3) is 0 Å². The first-order valence-electron chi connectivity index (χ1n) is 8.75. The van der Waals surface area contributed by atoms with E-state index in [2.05, 4.69) is 25.7 Å². The van der Waals surface area contributed by atoms with Crippen molar-refractivity contribution in [3.8, 4) is 0 Å². The summed E-state index contributed by atoms with van der Waals surface area (Å²) in [4.78, 5) is 0. The average molecular weight is 297 g/mol. The molecule has 2 nitrogen and oxygen atoms in total. The Balaban J connectivity index is 1.83. The Morgan fingerprint density at radius 2 is 2.00 bits per heavy atom. The zero-order chi connectivity index (χ0) is 15.2. The minimum Gasteiger partial charge on any atom is -0.374 e. The van der Waals surface area contributed by atoms with Gasteiger partial charge in [-0.2, -0.15) is 0 Å². The lowest BCUT2D eigenvalue weighted by Gasteiger charge is -2.37. The van der Waals surface area contributed by atoms with E-state index in [1.807, 2.05) is 6.08 Å². The predicted molar refractivity (Wildman–Crippen MR) is 86.2 cm³/mol. The zero-order valence-electron chi connectivity index (χ0n) is 13.7. The summed E-state index contributed by atoms with van der Waals surface area (Å²) in [6, 6.07) is 0.467. The first kappa shape index (κ1) is 17.0. The van der Waals surface area contributed by atoms with Gasteiger partial charge in [0.15, 0.2) is 0 Å². The van der Waals surface area contributed by atoms with Crippen LogP contribution >= 0.6 is 0 Å². The van der Waals surface area contributed by atoms with Crippen LogP contribution in [0.25, 0.3) is 0 Å². The van der Waals surface area contributed by atoms with Crippen molar-refractivity contribution >= 4 is 0 Å². The lowest BCUT2D eigenvalue weighted by Crippen LogP contribution is -2.47. The van der Waals surface area contributed by atoms with E-state index in [0.29, 0.717) is 42.9 Å². The van der Waals surface area contributed by atoms with Crippen molar-refractivity contribution in [2.75, 3.05) is 6.54 Å². The van der Waals surface area contributed by atoms with E-state index in [1.165, 1.54) is 19.3 Å². The van der Waals surface area contributed by atoms with Crippen LogP contribution in [-0.2, 0) is 4.74 Å². The van der Waals surface area contributed by atoms with Gasteiger partial charge in [0.05, 0.1) is 12.2 Å². The van der Waals surface area contributed by atoms with Crippen molar-refractivity contribution in [2.45, 2.75) is 83.2 Å². The zero-order valence-corrected chi connectivity index (χ0v) is 13.7. The van der Waals surface area contributed by atoms with Crippen molar-refractivity contribution in [3.05, 3.63) is 12.7 Å². The van der Waals surface area contributed by atoms with Gasteiger partial charge in [-0.05, 0) is 64.3 Å². The Labute approximate surface area is 129 Å². The second kappa shape index (κ2) is 8.28. The third kappa shape index (κ3) is 5.07. The average Bonchev–Trinajstić information content (AvgIpc) is 2.46. The van der Waals surface area contributed by atoms with Crippen LogP contribution in [0.1, 0.15) is 58.8 Å². The largest absolute Gasteiger partial charge is 0.374 e. The summed E-state index contributed by atoms with van der Waals surface area (Å²) in [5.41, 5.74) is 0. The summed E-state index contributed by atoms with van der Waals surface area (Å²) >= 11 is 0. The van der Waals surface area contributed by atoms with E-state index in [4.69, 9.17) is 4.74 Å². The van der Waals surface area contributed by atoms with E-state index in [0.717, 1.165) is 19.4 Å². The molecule has 2 fully saturated rings. The molecule has 0 aromatic heterocycles. The van der Waals surface area contributed by atoms with Crippen LogP contribution in [0.2, 0.25) is 0 Å². The van der Waals surface area contributed by atoms with E-state index in [1.54, 1.807) is 0 Å². The SMILES string of the molecule is C=CC1CC(F)CCC1CNC1CCCCC1OC(C)C. The van der Waals surface area contributed by atoms with Crippen LogP contribution in [0.3, 0.4) is 0 Å². The van der Waals surface area contributed by atoms with Crippen LogP contribution < -0.4 is 5.32 Å². The van der Waals surface area contributed by atoms with Crippen molar-refractivity contribution in [1.29, 1.82) is 0 Å². The summed E-state index contributed by atoms with van der Waals surface area (Å²) in [6.45, 7) is 9.10. The first-order valence-corrected chi connectivity index (χ1v) is 8.75. The Hall–Kier alpha value is -0.410. The van der Waals surface area contributed by atoms with E-state index in [9.17, 15) is 4.39 Å². The lowest BCUT2D eigenvalue weighted by atomic mass is 9.78. The Morgan fingerprint density at radius 3 is 2.71 bits per heavy atom. The second-order valence-electron chi connectivity index (χ2n) is 7.09. The molecular weight excluding hydrogens is 265 g/mol. The van der Waals surface area contributed by atoms with E-state index >= 15 is 0 Å². The smallest absolute Gasteiger partial charge is 0.101 e. The first-order chi connectivity index (χ1) is 10.1. The number of ether oxygens (including phenoxy) is 1. The Bertz CT molecular complexity index is 320. The highest BCUT2D eigenvalue weighted by Gasteiger charge is 2.31. The standard InChI is InChI=1S/C18H32FNO/c1-4-14-11-16(19)10-9-15(14)12-20-17-7-5-6-8-18(17)21-13(2)3/h4,13-18,20H,1,5-12H2,2-3H3. The molecule has 2 aliphatic carbocycles. The molecule has 0 bridgehead atoms. The molecule has 0 radical (unpaired) electrons. The third-order valence-corrected chi connectivity index (χ3v) is 5.08. The predicted octanol–water partition coefficient (Wildman–Crippen LogP) is 4.25. The van der Waals surface area contributed by atoms with Gasteiger partial charge < -0.3 is 10.1 Å². The van der Waals surface area contributed by atoms with Gasteiger partial charge in [0, 0.05) is 6.04 Å². The molecule has 0 spiro atoms. The summed E-state index contributed by atoms with van der Waals surface area (Å²) in [7, 11) is 0. The number of allylic oxidation sites excluding steroid dienone is 1. The topological polar surface area (TPSA) is 21.3 Å². The highest BCUT2D eigenvalue weighted by molar-refractivity contribution is 4.92. The molecule has 5 atom stereocenters. The fraction of sp³-hybridized carbons (Fsp3) is 0.889. The highest BCUT2D eigenvalue weighted by atomic mass is 19.1. The Kier molecular flexibility index (Phi) is 6.69. The minimum absolute atomic E-state index is 0.292. The van der Waals surface area contributed by atoms with Crippen molar-refractivity contribution in [2.24, 2.45) is 11.8 Å². The molecule has 3 heteroatoms. The van der Waals surface area contributed by atoms with Crippen LogP contribution in [0.15, 0.2) is 12.7 Å². The maximum atomic E-state index is 13.5. The van der Waals surface area contributed by atoms with Gasteiger partial charge in [0.1, 0.15) is 6.17 Å². The third-order valence-electron chi connectivity index (χ3n) is 5.08. The monoisotopic (exact) mass is 297 g/mol. The molecule has 0 aliphatic heterocycles. The lowest BCUT2D eigenvalue weighted by molar-refractivity contribution is -0.0322. The molecule has 21 heavy (non-hydrogen) atoms. The normalized spacial score (nSPS) is 37.6. The molecule has 0 aromatic carbocycles. The minimum atomic E-state index is -0.629. The Morgan fingerprint density at radius 1 is 1.24 bits per heavy atom. The van der Waals surface area contributed by atoms with Crippen LogP contribution in [-0.4, -0.2) is 31.0 Å². The number of hydrogen-bond donors (Lipinski definition) is 1. The van der Waals surface area contributed by atoms with Gasteiger partial charge in [0.2, 0.25) is 0 Å². The van der Waals surface area contributed by atoms with E-state index in [-0.39, 0.29) is 0 Å². The second-order valence-corrected chi connectivity index (χ2v) is 7.09. The summed E-state index contributed by atoms with van der Waals surface area (Å²) in [5, 5.41) is 3.73. The quantitative estimate of drug-likeness (QED) is 0.740.